The van der Waals surface area contributed by atoms with Crippen LogP contribution >= 0.6 is 0 Å². The van der Waals surface area contributed by atoms with Gasteiger partial charge in [-0.15, -0.1) is 0 Å². The number of carboxylic acid groups (broad SMARTS) is 1. The number of carbonyl (C=O) groups excluding carboxylic acids is 2. The standard InChI is InChI=1S/C15H18N2O4/c1-16(9-13(19)20)15(21)11-8-12(18)17(2)14(11)10-6-4-3-5-7-10/h3-7,11,14H,8-9H2,1-2H3,(H,19,20)/t11-,14-/m0/s1. The predicted molar refractivity (Wildman–Crippen MR) is 75.3 cm³/mol. The van der Waals surface area contributed by atoms with Crippen LogP contribution < -0.4 is 0 Å². The van der Waals surface area contributed by atoms with Gasteiger partial charge in [0, 0.05) is 20.5 Å². The van der Waals surface area contributed by atoms with Crippen molar-refractivity contribution < 1.29 is 19.5 Å². The highest BCUT2D eigenvalue weighted by Gasteiger charge is 2.43. The van der Waals surface area contributed by atoms with E-state index in [0.29, 0.717) is 0 Å². The average Bonchev–Trinajstić information content (AvgIpc) is 2.74. The van der Waals surface area contributed by atoms with Crippen molar-refractivity contribution in [3.05, 3.63) is 35.9 Å². The highest BCUT2D eigenvalue weighted by atomic mass is 16.4. The number of likely N-dealkylation sites (N-methyl/N-ethyl adjacent to an activating group) is 1. The second kappa shape index (κ2) is 5.95. The van der Waals surface area contributed by atoms with Gasteiger partial charge in [0.25, 0.3) is 0 Å². The van der Waals surface area contributed by atoms with Crippen molar-refractivity contribution in [2.24, 2.45) is 5.92 Å². The molecule has 1 aliphatic heterocycles. The second-order valence-corrected chi connectivity index (χ2v) is 5.26. The van der Waals surface area contributed by atoms with E-state index in [9.17, 15) is 14.4 Å². The Labute approximate surface area is 123 Å². The van der Waals surface area contributed by atoms with E-state index in [4.69, 9.17) is 5.11 Å². The largest absolute Gasteiger partial charge is 0.480 e. The molecule has 6 nitrogen and oxygen atoms in total. The van der Waals surface area contributed by atoms with Crippen LogP contribution in [-0.4, -0.2) is 53.3 Å². The lowest BCUT2D eigenvalue weighted by atomic mass is 9.92. The van der Waals surface area contributed by atoms with Crippen LogP contribution in [0.3, 0.4) is 0 Å². The van der Waals surface area contributed by atoms with E-state index in [1.165, 1.54) is 7.05 Å². The Morgan fingerprint density at radius 1 is 1.33 bits per heavy atom. The molecule has 0 aliphatic carbocycles. The topological polar surface area (TPSA) is 77.9 Å². The zero-order chi connectivity index (χ0) is 15.6. The molecule has 21 heavy (non-hydrogen) atoms. The summed E-state index contributed by atoms with van der Waals surface area (Å²) < 4.78 is 0. The number of hydrogen-bond acceptors (Lipinski definition) is 3. The maximum atomic E-state index is 12.4. The Kier molecular flexibility index (Phi) is 4.26. The number of likely N-dealkylation sites (tertiary alicyclic amines) is 1. The van der Waals surface area contributed by atoms with Gasteiger partial charge in [-0.2, -0.15) is 0 Å². The fourth-order valence-corrected chi connectivity index (χ4v) is 2.76. The lowest BCUT2D eigenvalue weighted by Crippen LogP contribution is -2.38. The molecule has 0 spiro atoms. The molecule has 1 aliphatic rings. The quantitative estimate of drug-likeness (QED) is 0.887. The summed E-state index contributed by atoms with van der Waals surface area (Å²) >= 11 is 0. The van der Waals surface area contributed by atoms with E-state index in [1.807, 2.05) is 30.3 Å². The molecule has 0 radical (unpaired) electrons. The third-order valence-corrected chi connectivity index (χ3v) is 3.79. The minimum Gasteiger partial charge on any atom is -0.480 e. The minimum atomic E-state index is -1.07. The summed E-state index contributed by atoms with van der Waals surface area (Å²) in [5.74, 6) is -2.04. The fourth-order valence-electron chi connectivity index (χ4n) is 2.76. The zero-order valence-electron chi connectivity index (χ0n) is 12.0. The van der Waals surface area contributed by atoms with Crippen molar-refractivity contribution in [2.75, 3.05) is 20.6 Å². The van der Waals surface area contributed by atoms with Gasteiger partial charge in [0.1, 0.15) is 6.54 Å². The summed E-state index contributed by atoms with van der Waals surface area (Å²) in [6.07, 6.45) is 0.110. The number of benzene rings is 1. The van der Waals surface area contributed by atoms with Gasteiger partial charge in [-0.1, -0.05) is 30.3 Å². The Balaban J connectivity index is 2.26. The second-order valence-electron chi connectivity index (χ2n) is 5.26. The Morgan fingerprint density at radius 2 is 1.95 bits per heavy atom. The highest BCUT2D eigenvalue weighted by molar-refractivity contribution is 5.91. The Morgan fingerprint density at radius 3 is 2.52 bits per heavy atom. The molecule has 0 aromatic heterocycles. The van der Waals surface area contributed by atoms with Gasteiger partial charge in [0.15, 0.2) is 0 Å². The summed E-state index contributed by atoms with van der Waals surface area (Å²) in [5.41, 5.74) is 0.882. The van der Waals surface area contributed by atoms with Crippen LogP contribution in [0.5, 0.6) is 0 Å². The normalized spacial score (nSPS) is 21.4. The summed E-state index contributed by atoms with van der Waals surface area (Å²) in [4.78, 5) is 37.9. The van der Waals surface area contributed by atoms with Crippen molar-refractivity contribution in [3.63, 3.8) is 0 Å². The highest BCUT2D eigenvalue weighted by Crippen LogP contribution is 2.37. The Hall–Kier alpha value is -2.37. The van der Waals surface area contributed by atoms with Gasteiger partial charge in [-0.25, -0.2) is 0 Å². The van der Waals surface area contributed by atoms with Gasteiger partial charge >= 0.3 is 5.97 Å². The summed E-state index contributed by atoms with van der Waals surface area (Å²) in [5, 5.41) is 8.79. The first-order chi connectivity index (χ1) is 9.91. The Bertz CT molecular complexity index is 558. The van der Waals surface area contributed by atoms with Crippen LogP contribution in [0.25, 0.3) is 0 Å². The molecule has 0 bridgehead atoms. The predicted octanol–water partition coefficient (Wildman–Crippen LogP) is 0.749. The van der Waals surface area contributed by atoms with Gasteiger partial charge in [0.2, 0.25) is 11.8 Å². The lowest BCUT2D eigenvalue weighted by Gasteiger charge is -2.27. The smallest absolute Gasteiger partial charge is 0.323 e. The number of carboxylic acids is 1. The minimum absolute atomic E-state index is 0.106. The first-order valence-electron chi connectivity index (χ1n) is 6.69. The van der Waals surface area contributed by atoms with Crippen LogP contribution in [0.2, 0.25) is 0 Å². The molecule has 1 saturated heterocycles. The first-order valence-corrected chi connectivity index (χ1v) is 6.69. The van der Waals surface area contributed by atoms with Crippen molar-refractivity contribution in [1.29, 1.82) is 0 Å². The van der Waals surface area contributed by atoms with Gasteiger partial charge in [0.05, 0.1) is 12.0 Å². The monoisotopic (exact) mass is 290 g/mol. The molecular formula is C15H18N2O4. The first kappa shape index (κ1) is 15.0. The number of aliphatic carboxylic acids is 1. The van der Waals surface area contributed by atoms with E-state index < -0.39 is 11.9 Å². The molecule has 0 saturated carbocycles. The average molecular weight is 290 g/mol. The molecular weight excluding hydrogens is 272 g/mol. The van der Waals surface area contributed by atoms with E-state index in [-0.39, 0.29) is 30.8 Å². The molecule has 1 aromatic rings. The maximum absolute atomic E-state index is 12.4. The van der Waals surface area contributed by atoms with Crippen LogP contribution in [0.4, 0.5) is 0 Å². The SMILES string of the molecule is CN(CC(=O)O)C(=O)[C@H]1CC(=O)N(C)[C@H]1c1ccccc1. The van der Waals surface area contributed by atoms with Gasteiger partial charge in [-0.05, 0) is 5.56 Å². The molecule has 1 heterocycles. The number of hydrogen-bond donors (Lipinski definition) is 1. The van der Waals surface area contributed by atoms with Crippen molar-refractivity contribution in [2.45, 2.75) is 12.5 Å². The number of rotatable bonds is 4. The van der Waals surface area contributed by atoms with E-state index in [0.717, 1.165) is 10.5 Å². The van der Waals surface area contributed by atoms with E-state index in [1.54, 1.807) is 11.9 Å². The van der Waals surface area contributed by atoms with Crippen molar-refractivity contribution >= 4 is 17.8 Å². The van der Waals surface area contributed by atoms with Crippen LogP contribution in [0, 0.1) is 5.92 Å². The van der Waals surface area contributed by atoms with Crippen molar-refractivity contribution in [1.82, 2.24) is 9.80 Å². The van der Waals surface area contributed by atoms with Crippen LogP contribution in [0.15, 0.2) is 30.3 Å². The van der Waals surface area contributed by atoms with E-state index in [2.05, 4.69) is 0 Å². The molecule has 2 atom stereocenters. The molecule has 1 N–H and O–H groups in total. The zero-order valence-corrected chi connectivity index (χ0v) is 12.0. The molecule has 0 unspecified atom stereocenters. The molecule has 2 amide bonds. The van der Waals surface area contributed by atoms with Crippen LogP contribution in [0.1, 0.15) is 18.0 Å². The van der Waals surface area contributed by atoms with Crippen molar-refractivity contribution in [3.8, 4) is 0 Å². The summed E-state index contributed by atoms with van der Waals surface area (Å²) in [6.45, 7) is -0.366. The summed E-state index contributed by atoms with van der Waals surface area (Å²) in [6, 6.07) is 8.98. The molecule has 1 aromatic carbocycles. The number of nitrogens with zero attached hydrogens (tertiary/aromatic N) is 2. The third-order valence-electron chi connectivity index (χ3n) is 3.79. The summed E-state index contributed by atoms with van der Waals surface area (Å²) in [7, 11) is 3.12. The molecule has 6 heteroatoms. The maximum Gasteiger partial charge on any atom is 0.323 e. The molecule has 1 fully saturated rings. The number of carbonyl (C=O) groups is 3. The molecule has 2 rings (SSSR count). The molecule has 112 valence electrons. The fraction of sp³-hybridized carbons (Fsp3) is 0.400. The van der Waals surface area contributed by atoms with Crippen LogP contribution in [-0.2, 0) is 14.4 Å². The van der Waals surface area contributed by atoms with Gasteiger partial charge < -0.3 is 14.9 Å². The van der Waals surface area contributed by atoms with Gasteiger partial charge in [-0.3, -0.25) is 14.4 Å². The van der Waals surface area contributed by atoms with E-state index >= 15 is 0 Å². The third kappa shape index (κ3) is 3.04. The number of amides is 2. The lowest BCUT2D eigenvalue weighted by molar-refractivity contribution is -0.145.